The minimum Gasteiger partial charge on any atom is -0.382 e. The highest BCUT2D eigenvalue weighted by Gasteiger charge is 2.22. The smallest absolute Gasteiger partial charge is 0.253 e. The first-order valence-corrected chi connectivity index (χ1v) is 7.15. The lowest BCUT2D eigenvalue weighted by Gasteiger charge is -2.21. The SMILES string of the molecule is Cc1cc(N[C@@H](C)[C@@H]2CCOC2)ccc1C(=O)N(C)C. The van der Waals surface area contributed by atoms with Crippen LogP contribution in [0.25, 0.3) is 0 Å². The van der Waals surface area contributed by atoms with E-state index < -0.39 is 0 Å². The van der Waals surface area contributed by atoms with Crippen molar-refractivity contribution in [2.75, 3.05) is 32.6 Å². The Morgan fingerprint density at radius 3 is 2.75 bits per heavy atom. The molecule has 110 valence electrons. The van der Waals surface area contributed by atoms with Crippen LogP contribution in [0.1, 0.15) is 29.3 Å². The highest BCUT2D eigenvalue weighted by molar-refractivity contribution is 5.95. The van der Waals surface area contributed by atoms with Crippen LogP contribution >= 0.6 is 0 Å². The van der Waals surface area contributed by atoms with Gasteiger partial charge in [-0.25, -0.2) is 0 Å². The van der Waals surface area contributed by atoms with Crippen LogP contribution in [0.4, 0.5) is 5.69 Å². The molecule has 0 bridgehead atoms. The molecule has 1 saturated heterocycles. The zero-order valence-corrected chi connectivity index (χ0v) is 12.8. The predicted molar refractivity (Wildman–Crippen MR) is 81.2 cm³/mol. The van der Waals surface area contributed by atoms with Crippen LogP contribution in [0.2, 0.25) is 0 Å². The van der Waals surface area contributed by atoms with Gasteiger partial charge in [-0.15, -0.1) is 0 Å². The summed E-state index contributed by atoms with van der Waals surface area (Å²) in [4.78, 5) is 13.6. The van der Waals surface area contributed by atoms with Crippen LogP contribution in [0.5, 0.6) is 0 Å². The molecule has 1 aromatic rings. The lowest BCUT2D eigenvalue weighted by molar-refractivity contribution is 0.0827. The molecule has 4 nitrogen and oxygen atoms in total. The minimum absolute atomic E-state index is 0.0475. The van der Waals surface area contributed by atoms with Crippen molar-refractivity contribution >= 4 is 11.6 Å². The summed E-state index contributed by atoms with van der Waals surface area (Å²) >= 11 is 0. The molecule has 0 spiro atoms. The molecule has 1 heterocycles. The van der Waals surface area contributed by atoms with Gasteiger partial charge in [0.1, 0.15) is 0 Å². The molecule has 4 heteroatoms. The number of amides is 1. The van der Waals surface area contributed by atoms with E-state index in [4.69, 9.17) is 4.74 Å². The lowest BCUT2D eigenvalue weighted by Crippen LogP contribution is -2.26. The third-order valence-electron chi connectivity index (χ3n) is 3.93. The van der Waals surface area contributed by atoms with Crippen molar-refractivity contribution in [3.8, 4) is 0 Å². The summed E-state index contributed by atoms with van der Waals surface area (Å²) in [7, 11) is 3.55. The van der Waals surface area contributed by atoms with Crippen LogP contribution < -0.4 is 5.32 Å². The monoisotopic (exact) mass is 276 g/mol. The molecule has 0 aromatic heterocycles. The van der Waals surface area contributed by atoms with Crippen LogP contribution in [0, 0.1) is 12.8 Å². The average molecular weight is 276 g/mol. The number of nitrogens with one attached hydrogen (secondary N) is 1. The summed E-state index contributed by atoms with van der Waals surface area (Å²) in [6.45, 7) is 5.87. The molecule has 0 aliphatic carbocycles. The van der Waals surface area contributed by atoms with Gasteiger partial charge in [0.2, 0.25) is 0 Å². The number of rotatable bonds is 4. The van der Waals surface area contributed by atoms with Gasteiger partial charge in [-0.2, -0.15) is 0 Å². The number of carbonyl (C=O) groups excluding carboxylic acids is 1. The number of benzene rings is 1. The van der Waals surface area contributed by atoms with Gasteiger partial charge in [0, 0.05) is 43.9 Å². The van der Waals surface area contributed by atoms with Crippen molar-refractivity contribution in [1.82, 2.24) is 4.90 Å². The molecule has 1 fully saturated rings. The summed E-state index contributed by atoms with van der Waals surface area (Å²) in [5.41, 5.74) is 2.83. The number of aryl methyl sites for hydroxylation is 1. The zero-order chi connectivity index (χ0) is 14.7. The molecule has 1 amide bonds. The van der Waals surface area contributed by atoms with Gasteiger partial charge in [-0.05, 0) is 44.0 Å². The molecule has 0 radical (unpaired) electrons. The first-order chi connectivity index (χ1) is 9.49. The van der Waals surface area contributed by atoms with Gasteiger partial charge >= 0.3 is 0 Å². The maximum atomic E-state index is 12.0. The third-order valence-corrected chi connectivity index (χ3v) is 3.93. The van der Waals surface area contributed by atoms with Crippen molar-refractivity contribution in [1.29, 1.82) is 0 Å². The average Bonchev–Trinajstić information content (AvgIpc) is 2.92. The van der Waals surface area contributed by atoms with E-state index in [1.54, 1.807) is 19.0 Å². The van der Waals surface area contributed by atoms with Gasteiger partial charge < -0.3 is 15.0 Å². The molecule has 1 N–H and O–H groups in total. The van der Waals surface area contributed by atoms with Gasteiger partial charge in [-0.1, -0.05) is 0 Å². The van der Waals surface area contributed by atoms with Crippen LogP contribution in [-0.2, 0) is 4.74 Å². The Morgan fingerprint density at radius 1 is 1.45 bits per heavy atom. The number of carbonyl (C=O) groups is 1. The maximum Gasteiger partial charge on any atom is 0.253 e. The topological polar surface area (TPSA) is 41.6 Å². The van der Waals surface area contributed by atoms with E-state index in [9.17, 15) is 4.79 Å². The quantitative estimate of drug-likeness (QED) is 0.919. The van der Waals surface area contributed by atoms with Crippen LogP contribution in [0.15, 0.2) is 18.2 Å². The Kier molecular flexibility index (Phi) is 4.65. The second kappa shape index (κ2) is 6.27. The van der Waals surface area contributed by atoms with Gasteiger partial charge in [0.15, 0.2) is 0 Å². The van der Waals surface area contributed by atoms with Crippen molar-refractivity contribution < 1.29 is 9.53 Å². The number of anilines is 1. The Labute approximate surface area is 121 Å². The van der Waals surface area contributed by atoms with E-state index in [0.29, 0.717) is 12.0 Å². The number of hydrogen-bond acceptors (Lipinski definition) is 3. The van der Waals surface area contributed by atoms with Crippen molar-refractivity contribution in [2.45, 2.75) is 26.3 Å². The molecule has 0 unspecified atom stereocenters. The molecule has 1 aliphatic rings. The van der Waals surface area contributed by atoms with E-state index >= 15 is 0 Å². The third kappa shape index (κ3) is 3.31. The number of nitrogens with zero attached hydrogens (tertiary/aromatic N) is 1. The fourth-order valence-corrected chi connectivity index (χ4v) is 2.56. The first kappa shape index (κ1) is 14.9. The maximum absolute atomic E-state index is 12.0. The van der Waals surface area contributed by atoms with Gasteiger partial charge in [0.05, 0.1) is 6.61 Å². The molecule has 1 aromatic carbocycles. The Balaban J connectivity index is 2.06. The Morgan fingerprint density at radius 2 is 2.20 bits per heavy atom. The standard InChI is InChI=1S/C16H24N2O2/c1-11-9-14(5-6-15(11)16(19)18(3)4)17-12(2)13-7-8-20-10-13/h5-6,9,12-13,17H,7-8,10H2,1-4H3/t12-,13+/m0/s1. The zero-order valence-electron chi connectivity index (χ0n) is 12.8. The summed E-state index contributed by atoms with van der Waals surface area (Å²) in [5.74, 6) is 0.615. The number of ether oxygens (including phenoxy) is 1. The molecule has 1 aliphatic heterocycles. The summed E-state index contributed by atoms with van der Waals surface area (Å²) in [6.07, 6.45) is 1.12. The van der Waals surface area contributed by atoms with E-state index in [1.165, 1.54) is 0 Å². The normalized spacial score (nSPS) is 19.7. The first-order valence-electron chi connectivity index (χ1n) is 7.15. The Hall–Kier alpha value is -1.55. The van der Waals surface area contributed by atoms with Crippen molar-refractivity contribution in [3.63, 3.8) is 0 Å². The molecule has 2 rings (SSSR count). The van der Waals surface area contributed by atoms with Crippen LogP contribution in [-0.4, -0.2) is 44.2 Å². The molecule has 20 heavy (non-hydrogen) atoms. The molecule has 2 atom stereocenters. The highest BCUT2D eigenvalue weighted by Crippen LogP contribution is 2.22. The summed E-state index contributed by atoms with van der Waals surface area (Å²) in [6, 6.07) is 6.31. The predicted octanol–water partition coefficient (Wildman–Crippen LogP) is 2.53. The van der Waals surface area contributed by atoms with E-state index in [0.717, 1.165) is 36.4 Å². The molecule has 0 saturated carbocycles. The second-order valence-electron chi connectivity index (χ2n) is 5.79. The fraction of sp³-hybridized carbons (Fsp3) is 0.562. The number of hydrogen-bond donors (Lipinski definition) is 1. The van der Waals surface area contributed by atoms with E-state index in [2.05, 4.69) is 12.2 Å². The largest absolute Gasteiger partial charge is 0.382 e. The minimum atomic E-state index is 0.0475. The van der Waals surface area contributed by atoms with E-state index in [-0.39, 0.29) is 5.91 Å². The highest BCUT2D eigenvalue weighted by atomic mass is 16.5. The van der Waals surface area contributed by atoms with E-state index in [1.807, 2.05) is 25.1 Å². The summed E-state index contributed by atoms with van der Waals surface area (Å²) in [5, 5.41) is 3.52. The van der Waals surface area contributed by atoms with Gasteiger partial charge in [-0.3, -0.25) is 4.79 Å². The Bertz CT molecular complexity index is 479. The summed E-state index contributed by atoms with van der Waals surface area (Å²) < 4.78 is 5.43. The molecular formula is C16H24N2O2. The van der Waals surface area contributed by atoms with Crippen molar-refractivity contribution in [2.24, 2.45) is 5.92 Å². The van der Waals surface area contributed by atoms with Gasteiger partial charge in [0.25, 0.3) is 5.91 Å². The molecular weight excluding hydrogens is 252 g/mol. The lowest BCUT2D eigenvalue weighted by atomic mass is 10.00. The van der Waals surface area contributed by atoms with Crippen molar-refractivity contribution in [3.05, 3.63) is 29.3 Å². The second-order valence-corrected chi connectivity index (χ2v) is 5.79. The van der Waals surface area contributed by atoms with Crippen LogP contribution in [0.3, 0.4) is 0 Å². The fourth-order valence-electron chi connectivity index (χ4n) is 2.56.